The summed E-state index contributed by atoms with van der Waals surface area (Å²) >= 11 is 5.47. The highest BCUT2D eigenvalue weighted by Gasteiger charge is 2.19. The van der Waals surface area contributed by atoms with Gasteiger partial charge in [0.1, 0.15) is 5.01 Å². The van der Waals surface area contributed by atoms with Crippen molar-refractivity contribution in [2.75, 3.05) is 4.90 Å². The molecule has 52 heavy (non-hydrogen) atoms. The number of benzene rings is 8. The Hall–Kier alpha value is -5.85. The van der Waals surface area contributed by atoms with Crippen molar-refractivity contribution >= 4 is 112 Å². The van der Waals surface area contributed by atoms with E-state index in [-0.39, 0.29) is 0 Å². The number of anilines is 3. The number of nitrogens with zero attached hydrogens (tertiary/aromatic N) is 2. The Labute approximate surface area is 312 Å². The number of fused-ring (bicyclic) bond motifs is 9. The van der Waals surface area contributed by atoms with Crippen LogP contribution < -0.4 is 4.90 Å². The van der Waals surface area contributed by atoms with E-state index in [0.717, 1.165) is 33.1 Å². The lowest BCUT2D eigenvalue weighted by Crippen LogP contribution is -2.09. The average Bonchev–Trinajstić information content (AvgIpc) is 3.91. The van der Waals surface area contributed by atoms with Crippen LogP contribution in [0.25, 0.3) is 83.0 Å². The number of thiophene rings is 2. The summed E-state index contributed by atoms with van der Waals surface area (Å²) in [6, 6.07) is 61.9. The first kappa shape index (κ1) is 29.8. The van der Waals surface area contributed by atoms with Crippen LogP contribution in [-0.2, 0) is 0 Å². The molecule has 0 N–H and O–H groups in total. The fourth-order valence-corrected chi connectivity index (χ4v) is 10.8. The van der Waals surface area contributed by atoms with Crippen LogP contribution >= 0.6 is 34.0 Å². The average molecular weight is 717 g/mol. The minimum atomic E-state index is 1.06. The van der Waals surface area contributed by atoms with E-state index in [1.54, 1.807) is 11.3 Å². The minimum absolute atomic E-state index is 1.06. The van der Waals surface area contributed by atoms with Gasteiger partial charge < -0.3 is 4.90 Å². The zero-order chi connectivity index (χ0) is 34.2. The van der Waals surface area contributed by atoms with E-state index < -0.39 is 0 Å². The maximum absolute atomic E-state index is 5.25. The third kappa shape index (κ3) is 4.78. The summed E-state index contributed by atoms with van der Waals surface area (Å²) in [7, 11) is 0. The van der Waals surface area contributed by atoms with E-state index in [9.17, 15) is 0 Å². The molecule has 0 unspecified atom stereocenters. The van der Waals surface area contributed by atoms with Crippen molar-refractivity contribution in [1.29, 1.82) is 0 Å². The van der Waals surface area contributed by atoms with Gasteiger partial charge in [-0.15, -0.1) is 34.0 Å². The smallest absolute Gasteiger partial charge is 0.124 e. The van der Waals surface area contributed by atoms with Crippen LogP contribution in [0.5, 0.6) is 0 Å². The van der Waals surface area contributed by atoms with E-state index >= 15 is 0 Å². The maximum Gasteiger partial charge on any atom is 0.124 e. The number of hydrogen-bond donors (Lipinski definition) is 0. The highest BCUT2D eigenvalue weighted by molar-refractivity contribution is 7.26. The van der Waals surface area contributed by atoms with Gasteiger partial charge in [-0.2, -0.15) is 0 Å². The zero-order valence-electron chi connectivity index (χ0n) is 27.8. The maximum atomic E-state index is 5.25. The molecule has 3 heterocycles. The SMILES string of the molecule is c1ccc(-c2nc3c(ccc4sc5ccc(N(c6ccc(-c7cccc8ccccc78)cc6)c6ccc7sc8ccccc8c7c6)cc5c43)s2)cc1. The second kappa shape index (κ2) is 11.9. The molecule has 0 fully saturated rings. The van der Waals surface area contributed by atoms with E-state index in [2.05, 4.69) is 175 Å². The second-order valence-corrected chi connectivity index (χ2v) is 16.3. The fourth-order valence-electron chi connectivity index (χ4n) is 7.65. The molecule has 11 rings (SSSR count). The molecular weight excluding hydrogens is 689 g/mol. The molecule has 0 radical (unpaired) electrons. The summed E-state index contributed by atoms with van der Waals surface area (Å²) in [4.78, 5) is 7.67. The molecule has 244 valence electrons. The molecule has 11 aromatic rings. The molecular formula is C47H28N2S3. The monoisotopic (exact) mass is 716 g/mol. The number of aromatic nitrogens is 1. The van der Waals surface area contributed by atoms with Gasteiger partial charge in [0.05, 0.1) is 10.2 Å². The summed E-state index contributed by atoms with van der Waals surface area (Å²) < 4.78 is 6.37. The highest BCUT2D eigenvalue weighted by atomic mass is 32.1. The lowest BCUT2D eigenvalue weighted by atomic mass is 9.98. The summed E-state index contributed by atoms with van der Waals surface area (Å²) in [5, 5.41) is 8.65. The van der Waals surface area contributed by atoms with E-state index in [1.807, 2.05) is 22.7 Å². The third-order valence-corrected chi connectivity index (χ3v) is 13.5. The van der Waals surface area contributed by atoms with E-state index in [1.165, 1.54) is 66.9 Å². The first-order valence-corrected chi connectivity index (χ1v) is 19.8. The zero-order valence-corrected chi connectivity index (χ0v) is 30.2. The van der Waals surface area contributed by atoms with Crippen molar-refractivity contribution in [2.45, 2.75) is 0 Å². The molecule has 5 heteroatoms. The molecule has 3 aromatic heterocycles. The molecule has 0 bridgehead atoms. The van der Waals surface area contributed by atoms with Crippen molar-refractivity contribution in [3.05, 3.63) is 170 Å². The normalized spacial score (nSPS) is 11.8. The predicted octanol–water partition coefficient (Wildman–Crippen LogP) is 15.0. The minimum Gasteiger partial charge on any atom is -0.310 e. The van der Waals surface area contributed by atoms with Gasteiger partial charge in [-0.1, -0.05) is 103 Å². The van der Waals surface area contributed by atoms with Gasteiger partial charge in [-0.3, -0.25) is 0 Å². The van der Waals surface area contributed by atoms with Gasteiger partial charge in [0, 0.05) is 63.0 Å². The Balaban J connectivity index is 1.11. The molecule has 0 spiro atoms. The molecule has 2 nitrogen and oxygen atoms in total. The Morgan fingerprint density at radius 2 is 1.00 bits per heavy atom. The van der Waals surface area contributed by atoms with Crippen LogP contribution in [0.4, 0.5) is 17.1 Å². The molecule has 0 atom stereocenters. The van der Waals surface area contributed by atoms with Gasteiger partial charge in [-0.05, 0) is 88.6 Å². The lowest BCUT2D eigenvalue weighted by Gasteiger charge is -2.26. The van der Waals surface area contributed by atoms with Gasteiger partial charge in [-0.25, -0.2) is 4.98 Å². The van der Waals surface area contributed by atoms with Crippen molar-refractivity contribution < 1.29 is 0 Å². The summed E-state index contributed by atoms with van der Waals surface area (Å²) in [6.45, 7) is 0. The molecule has 0 amide bonds. The Morgan fingerprint density at radius 3 is 1.85 bits per heavy atom. The van der Waals surface area contributed by atoms with Gasteiger partial charge >= 0.3 is 0 Å². The Morgan fingerprint density at radius 1 is 0.385 bits per heavy atom. The van der Waals surface area contributed by atoms with Gasteiger partial charge in [0.15, 0.2) is 0 Å². The number of rotatable bonds is 5. The van der Waals surface area contributed by atoms with E-state index in [4.69, 9.17) is 4.98 Å². The number of hydrogen-bond acceptors (Lipinski definition) is 5. The highest BCUT2D eigenvalue weighted by Crippen LogP contribution is 2.46. The van der Waals surface area contributed by atoms with E-state index in [0.29, 0.717) is 0 Å². The van der Waals surface area contributed by atoms with Crippen LogP contribution in [0.3, 0.4) is 0 Å². The van der Waals surface area contributed by atoms with Crippen molar-refractivity contribution in [1.82, 2.24) is 4.98 Å². The summed E-state index contributed by atoms with van der Waals surface area (Å²) in [6.07, 6.45) is 0. The lowest BCUT2D eigenvalue weighted by molar-refractivity contribution is 1.30. The molecule has 0 aliphatic rings. The van der Waals surface area contributed by atoms with Crippen molar-refractivity contribution in [3.63, 3.8) is 0 Å². The molecule has 0 saturated carbocycles. The summed E-state index contributed by atoms with van der Waals surface area (Å²) in [5.74, 6) is 0. The first-order valence-electron chi connectivity index (χ1n) is 17.4. The van der Waals surface area contributed by atoms with Crippen LogP contribution in [-0.4, -0.2) is 4.98 Å². The summed E-state index contributed by atoms with van der Waals surface area (Å²) in [5.41, 5.74) is 8.08. The largest absolute Gasteiger partial charge is 0.310 e. The molecule has 0 aliphatic heterocycles. The van der Waals surface area contributed by atoms with Crippen LogP contribution in [0.15, 0.2) is 170 Å². The molecule has 0 saturated heterocycles. The van der Waals surface area contributed by atoms with Crippen molar-refractivity contribution in [2.24, 2.45) is 0 Å². The van der Waals surface area contributed by atoms with Crippen LogP contribution in [0, 0.1) is 0 Å². The number of thiazole rings is 1. The Kier molecular flexibility index (Phi) is 6.80. The van der Waals surface area contributed by atoms with Gasteiger partial charge in [0.2, 0.25) is 0 Å². The molecule has 8 aromatic carbocycles. The van der Waals surface area contributed by atoms with Crippen LogP contribution in [0.2, 0.25) is 0 Å². The quantitative estimate of drug-likeness (QED) is 0.176. The predicted molar refractivity (Wildman–Crippen MR) is 228 cm³/mol. The van der Waals surface area contributed by atoms with Crippen LogP contribution in [0.1, 0.15) is 0 Å². The fraction of sp³-hybridized carbons (Fsp3) is 0. The Bertz CT molecular complexity index is 3130. The topological polar surface area (TPSA) is 16.1 Å². The second-order valence-electron chi connectivity index (χ2n) is 13.1. The van der Waals surface area contributed by atoms with Gasteiger partial charge in [0.25, 0.3) is 0 Å². The molecule has 0 aliphatic carbocycles. The standard InChI is InChI=1S/C47H28N2S3/c1-2-10-31(11-3-1)47-48-46-44(52-47)26-25-43-45(46)39-28-34(22-24-42(39)51-43)49(33-21-23-41-38(27-33)37-14-6-7-16-40(37)50-41)32-19-17-30(18-20-32)36-15-8-12-29-9-4-5-13-35(29)36/h1-28H. The third-order valence-electron chi connectivity index (χ3n) is 10.1. The van der Waals surface area contributed by atoms with Crippen molar-refractivity contribution in [3.8, 4) is 21.7 Å². The first-order chi connectivity index (χ1) is 25.7.